The lowest BCUT2D eigenvalue weighted by Crippen LogP contribution is -2.15. The molecule has 1 aromatic carbocycles. The molecule has 0 fully saturated rings. The van der Waals surface area contributed by atoms with E-state index in [2.05, 4.69) is 15.3 Å². The van der Waals surface area contributed by atoms with Crippen LogP contribution in [0, 0.1) is 0 Å². The molecule has 3 N–H and O–H groups in total. The van der Waals surface area contributed by atoms with Gasteiger partial charge >= 0.3 is 0 Å². The van der Waals surface area contributed by atoms with Gasteiger partial charge in [-0.25, -0.2) is 4.98 Å². The molecule has 0 atom stereocenters. The van der Waals surface area contributed by atoms with Crippen LogP contribution in [0.3, 0.4) is 0 Å². The molecule has 6 nitrogen and oxygen atoms in total. The molecule has 0 aliphatic carbocycles. The first-order chi connectivity index (χ1) is 9.22. The van der Waals surface area contributed by atoms with Crippen LogP contribution in [-0.2, 0) is 0 Å². The number of nitrogens with two attached hydrogens (primary N) is 1. The topological polar surface area (TPSA) is 90.1 Å². The van der Waals surface area contributed by atoms with E-state index in [1.165, 1.54) is 18.6 Å². The summed E-state index contributed by atoms with van der Waals surface area (Å²) in [6.07, 6.45) is 4.49. The van der Waals surface area contributed by atoms with E-state index in [4.69, 9.17) is 10.5 Å². The highest BCUT2D eigenvalue weighted by Crippen LogP contribution is 2.26. The summed E-state index contributed by atoms with van der Waals surface area (Å²) in [5.74, 6) is 0.417. The van der Waals surface area contributed by atoms with Crippen LogP contribution >= 0.6 is 0 Å². The van der Waals surface area contributed by atoms with Gasteiger partial charge in [-0.15, -0.1) is 0 Å². The third-order valence-corrected chi connectivity index (χ3v) is 2.38. The summed E-state index contributed by atoms with van der Waals surface area (Å²) in [5.41, 5.74) is 6.60. The Balaban J connectivity index is 2.26. The van der Waals surface area contributed by atoms with E-state index < -0.39 is 0 Å². The third kappa shape index (κ3) is 2.98. The minimum Gasteiger partial charge on any atom is -0.491 e. The third-order valence-electron chi connectivity index (χ3n) is 2.38. The van der Waals surface area contributed by atoms with Crippen molar-refractivity contribution in [1.29, 1.82) is 0 Å². The Hall–Kier alpha value is -2.63. The number of aromatic nitrogens is 2. The fourth-order valence-electron chi connectivity index (χ4n) is 1.59. The smallest absolute Gasteiger partial charge is 0.260 e. The van der Waals surface area contributed by atoms with Gasteiger partial charge in [0.05, 0.1) is 24.1 Å². The molecule has 19 heavy (non-hydrogen) atoms. The number of hydrogen-bond donors (Lipinski definition) is 2. The lowest BCUT2D eigenvalue weighted by molar-refractivity contribution is 0.102. The minimum atomic E-state index is -0.337. The Kier molecular flexibility index (Phi) is 3.92. The van der Waals surface area contributed by atoms with Crippen LogP contribution in [-0.4, -0.2) is 22.5 Å². The molecule has 0 aliphatic heterocycles. The van der Waals surface area contributed by atoms with E-state index in [9.17, 15) is 4.79 Å². The zero-order valence-corrected chi connectivity index (χ0v) is 10.5. The number of para-hydroxylation sites is 1. The van der Waals surface area contributed by atoms with Crippen molar-refractivity contribution in [1.82, 2.24) is 9.97 Å². The van der Waals surface area contributed by atoms with Crippen LogP contribution in [0.2, 0.25) is 0 Å². The Morgan fingerprint density at radius 1 is 1.42 bits per heavy atom. The summed E-state index contributed by atoms with van der Waals surface area (Å²) in [6.45, 7) is 2.26. The molecule has 0 bridgehead atoms. The first-order valence-corrected chi connectivity index (χ1v) is 5.81. The van der Waals surface area contributed by atoms with E-state index in [0.717, 1.165) is 0 Å². The second-order valence-electron chi connectivity index (χ2n) is 3.70. The highest BCUT2D eigenvalue weighted by atomic mass is 16.5. The summed E-state index contributed by atoms with van der Waals surface area (Å²) >= 11 is 0. The molecular formula is C13H14N4O2. The number of amides is 1. The molecule has 2 aromatic rings. The SMILES string of the molecule is CCOc1c(N)cccc1C(=O)Nc1cnccn1. The number of carbonyl (C=O) groups excluding carboxylic acids is 1. The molecule has 2 rings (SSSR count). The molecule has 1 aromatic heterocycles. The Morgan fingerprint density at radius 3 is 2.95 bits per heavy atom. The number of rotatable bonds is 4. The van der Waals surface area contributed by atoms with Gasteiger partial charge in [0.2, 0.25) is 0 Å². The maximum Gasteiger partial charge on any atom is 0.260 e. The van der Waals surface area contributed by atoms with E-state index in [-0.39, 0.29) is 5.91 Å². The molecule has 0 unspecified atom stereocenters. The van der Waals surface area contributed by atoms with E-state index in [1.807, 2.05) is 6.92 Å². The van der Waals surface area contributed by atoms with Gasteiger partial charge in [0, 0.05) is 12.4 Å². The van der Waals surface area contributed by atoms with Gasteiger partial charge in [-0.3, -0.25) is 9.78 Å². The summed E-state index contributed by atoms with van der Waals surface area (Å²) in [5, 5.41) is 2.64. The lowest BCUT2D eigenvalue weighted by Gasteiger charge is -2.12. The standard InChI is InChI=1S/C13H14N4O2/c1-2-19-12-9(4-3-5-10(12)14)13(18)17-11-8-15-6-7-16-11/h3-8H,2,14H2,1H3,(H,16,17,18). The first kappa shape index (κ1) is 12.8. The van der Waals surface area contributed by atoms with Crippen molar-refractivity contribution in [3.8, 4) is 5.75 Å². The highest BCUT2D eigenvalue weighted by Gasteiger charge is 2.15. The highest BCUT2D eigenvalue weighted by molar-refractivity contribution is 6.06. The van der Waals surface area contributed by atoms with Crippen LogP contribution in [0.4, 0.5) is 11.5 Å². The molecule has 6 heteroatoms. The van der Waals surface area contributed by atoms with Gasteiger partial charge in [-0.2, -0.15) is 0 Å². The Morgan fingerprint density at radius 2 is 2.26 bits per heavy atom. The van der Waals surface area contributed by atoms with Crippen molar-refractivity contribution in [2.45, 2.75) is 6.92 Å². The summed E-state index contributed by atoms with van der Waals surface area (Å²) in [6, 6.07) is 5.03. The average molecular weight is 258 g/mol. The second-order valence-corrected chi connectivity index (χ2v) is 3.70. The van der Waals surface area contributed by atoms with Crippen LogP contribution in [0.15, 0.2) is 36.8 Å². The molecule has 0 radical (unpaired) electrons. The molecule has 1 heterocycles. The number of nitrogens with zero attached hydrogens (tertiary/aromatic N) is 2. The number of carbonyl (C=O) groups is 1. The van der Waals surface area contributed by atoms with Crippen molar-refractivity contribution in [3.05, 3.63) is 42.4 Å². The van der Waals surface area contributed by atoms with E-state index in [1.54, 1.807) is 18.2 Å². The van der Waals surface area contributed by atoms with E-state index in [0.29, 0.717) is 29.4 Å². The predicted octanol–water partition coefficient (Wildman–Crippen LogP) is 1.71. The van der Waals surface area contributed by atoms with Gasteiger partial charge in [0.1, 0.15) is 0 Å². The average Bonchev–Trinajstić information content (AvgIpc) is 2.42. The molecule has 0 saturated carbocycles. The minimum absolute atomic E-state index is 0.337. The largest absolute Gasteiger partial charge is 0.491 e. The number of nitrogens with one attached hydrogen (secondary N) is 1. The number of hydrogen-bond acceptors (Lipinski definition) is 5. The van der Waals surface area contributed by atoms with Gasteiger partial charge in [-0.05, 0) is 19.1 Å². The summed E-state index contributed by atoms with van der Waals surface area (Å²) in [7, 11) is 0. The quantitative estimate of drug-likeness (QED) is 0.815. The van der Waals surface area contributed by atoms with Crippen LogP contribution < -0.4 is 15.8 Å². The van der Waals surface area contributed by atoms with Crippen molar-refractivity contribution in [2.24, 2.45) is 0 Å². The van der Waals surface area contributed by atoms with Gasteiger partial charge < -0.3 is 15.8 Å². The zero-order chi connectivity index (χ0) is 13.7. The fraction of sp³-hybridized carbons (Fsp3) is 0.154. The molecule has 0 saturated heterocycles. The maximum absolute atomic E-state index is 12.1. The number of nitrogen functional groups attached to an aromatic ring is 1. The Labute approximate surface area is 110 Å². The lowest BCUT2D eigenvalue weighted by atomic mass is 10.1. The molecule has 98 valence electrons. The van der Waals surface area contributed by atoms with Crippen molar-refractivity contribution in [2.75, 3.05) is 17.7 Å². The molecule has 0 spiro atoms. The van der Waals surface area contributed by atoms with Crippen molar-refractivity contribution < 1.29 is 9.53 Å². The van der Waals surface area contributed by atoms with Crippen molar-refractivity contribution in [3.63, 3.8) is 0 Å². The van der Waals surface area contributed by atoms with Crippen molar-refractivity contribution >= 4 is 17.4 Å². The van der Waals surface area contributed by atoms with E-state index >= 15 is 0 Å². The van der Waals surface area contributed by atoms with Crippen LogP contribution in [0.1, 0.15) is 17.3 Å². The zero-order valence-electron chi connectivity index (χ0n) is 10.5. The number of benzene rings is 1. The Bertz CT molecular complexity index is 572. The van der Waals surface area contributed by atoms with Gasteiger partial charge in [-0.1, -0.05) is 6.07 Å². The van der Waals surface area contributed by atoms with Crippen LogP contribution in [0.25, 0.3) is 0 Å². The first-order valence-electron chi connectivity index (χ1n) is 5.81. The van der Waals surface area contributed by atoms with Gasteiger partial charge in [0.25, 0.3) is 5.91 Å². The second kappa shape index (κ2) is 5.81. The predicted molar refractivity (Wildman–Crippen MR) is 72.0 cm³/mol. The number of anilines is 2. The molecular weight excluding hydrogens is 244 g/mol. The summed E-state index contributed by atoms with van der Waals surface area (Å²) < 4.78 is 5.40. The van der Waals surface area contributed by atoms with Gasteiger partial charge in [0.15, 0.2) is 11.6 Å². The monoisotopic (exact) mass is 258 g/mol. The normalized spacial score (nSPS) is 9.95. The molecule has 1 amide bonds. The maximum atomic E-state index is 12.1. The molecule has 0 aliphatic rings. The van der Waals surface area contributed by atoms with Crippen LogP contribution in [0.5, 0.6) is 5.75 Å². The number of ether oxygens (including phenoxy) is 1. The summed E-state index contributed by atoms with van der Waals surface area (Å²) in [4.78, 5) is 20.0. The fourth-order valence-corrected chi connectivity index (χ4v) is 1.59.